The molecule has 0 spiro atoms. The molecule has 2 rings (SSSR count). The van der Waals surface area contributed by atoms with Gasteiger partial charge in [-0.25, -0.2) is 4.79 Å². The molecule has 0 aromatic rings. The summed E-state index contributed by atoms with van der Waals surface area (Å²) in [4.78, 5) is 15.9. The lowest BCUT2D eigenvalue weighted by Gasteiger charge is -2.36. The van der Waals surface area contributed by atoms with Gasteiger partial charge in [0.1, 0.15) is 0 Å². The van der Waals surface area contributed by atoms with Crippen molar-refractivity contribution in [2.75, 3.05) is 32.7 Å². The summed E-state index contributed by atoms with van der Waals surface area (Å²) in [6.45, 7) is 8.69. The molecule has 2 heterocycles. The molecule has 2 aliphatic heterocycles. The number of amides is 2. The molecule has 1 unspecified atom stereocenters. The number of nitrogens with zero attached hydrogens (tertiary/aromatic N) is 3. The molecule has 1 N–H and O–H groups in total. The van der Waals surface area contributed by atoms with E-state index in [4.69, 9.17) is 5.26 Å². The average Bonchev–Trinajstić information content (AvgIpc) is 2.76. The molecular formula is C14H24N4O. The largest absolute Gasteiger partial charge is 0.336 e. The SMILES string of the molecule is CC(C)(C#N)CCCCN1CCN2C(=O)NCC2C1. The molecule has 0 aliphatic carbocycles. The zero-order valence-corrected chi connectivity index (χ0v) is 12.0. The van der Waals surface area contributed by atoms with Crippen LogP contribution in [0.15, 0.2) is 0 Å². The Morgan fingerprint density at radius 1 is 1.42 bits per heavy atom. The fourth-order valence-electron chi connectivity index (χ4n) is 2.83. The monoisotopic (exact) mass is 264 g/mol. The Bertz CT molecular complexity index is 374. The third-order valence-corrected chi connectivity index (χ3v) is 4.15. The number of hydrogen-bond donors (Lipinski definition) is 1. The molecule has 5 heteroatoms. The van der Waals surface area contributed by atoms with Gasteiger partial charge in [-0.15, -0.1) is 0 Å². The molecule has 2 aliphatic rings. The van der Waals surface area contributed by atoms with Crippen LogP contribution in [0, 0.1) is 16.7 Å². The summed E-state index contributed by atoms with van der Waals surface area (Å²) in [5.74, 6) is 0. The van der Waals surface area contributed by atoms with Gasteiger partial charge in [-0.3, -0.25) is 4.90 Å². The van der Waals surface area contributed by atoms with Crippen molar-refractivity contribution < 1.29 is 4.79 Å². The third kappa shape index (κ3) is 3.60. The van der Waals surface area contributed by atoms with Crippen LogP contribution in [0.25, 0.3) is 0 Å². The number of hydrogen-bond acceptors (Lipinski definition) is 3. The lowest BCUT2D eigenvalue weighted by atomic mass is 9.89. The van der Waals surface area contributed by atoms with Crippen molar-refractivity contribution >= 4 is 6.03 Å². The van der Waals surface area contributed by atoms with E-state index in [9.17, 15) is 4.79 Å². The van der Waals surface area contributed by atoms with Gasteiger partial charge < -0.3 is 10.2 Å². The van der Waals surface area contributed by atoms with E-state index in [-0.39, 0.29) is 11.4 Å². The highest BCUT2D eigenvalue weighted by Crippen LogP contribution is 2.22. The Kier molecular flexibility index (Phi) is 4.31. The van der Waals surface area contributed by atoms with Crippen molar-refractivity contribution in [2.24, 2.45) is 5.41 Å². The van der Waals surface area contributed by atoms with Crippen LogP contribution in [0.5, 0.6) is 0 Å². The van der Waals surface area contributed by atoms with Crippen LogP contribution >= 0.6 is 0 Å². The molecule has 0 radical (unpaired) electrons. The first kappa shape index (κ1) is 14.1. The minimum atomic E-state index is -0.194. The summed E-state index contributed by atoms with van der Waals surface area (Å²) in [6, 6.07) is 2.80. The molecule has 1 atom stereocenters. The molecule has 0 aromatic carbocycles. The summed E-state index contributed by atoms with van der Waals surface area (Å²) < 4.78 is 0. The van der Waals surface area contributed by atoms with Crippen molar-refractivity contribution in [1.82, 2.24) is 15.1 Å². The lowest BCUT2D eigenvalue weighted by Crippen LogP contribution is -2.52. The van der Waals surface area contributed by atoms with Crippen molar-refractivity contribution in [2.45, 2.75) is 39.2 Å². The molecule has 19 heavy (non-hydrogen) atoms. The summed E-state index contributed by atoms with van der Waals surface area (Å²) in [5, 5.41) is 11.9. The van der Waals surface area contributed by atoms with Crippen molar-refractivity contribution in [1.29, 1.82) is 5.26 Å². The highest BCUT2D eigenvalue weighted by molar-refractivity contribution is 5.77. The topological polar surface area (TPSA) is 59.4 Å². The fourth-order valence-corrected chi connectivity index (χ4v) is 2.83. The van der Waals surface area contributed by atoms with Gasteiger partial charge in [0.25, 0.3) is 0 Å². The molecule has 2 saturated heterocycles. The number of carbonyl (C=O) groups excluding carboxylic acids is 1. The molecular weight excluding hydrogens is 240 g/mol. The number of urea groups is 1. The van der Waals surface area contributed by atoms with E-state index in [1.165, 1.54) is 0 Å². The number of unbranched alkanes of at least 4 members (excludes halogenated alkanes) is 1. The molecule has 2 fully saturated rings. The summed E-state index contributed by atoms with van der Waals surface area (Å²) in [5.41, 5.74) is -0.194. The number of nitrogens with one attached hydrogen (secondary N) is 1. The number of nitriles is 1. The van der Waals surface area contributed by atoms with E-state index in [2.05, 4.69) is 16.3 Å². The van der Waals surface area contributed by atoms with Crippen molar-refractivity contribution in [3.8, 4) is 6.07 Å². The first-order valence-corrected chi connectivity index (χ1v) is 7.20. The Morgan fingerprint density at radius 3 is 2.95 bits per heavy atom. The quantitative estimate of drug-likeness (QED) is 0.764. The smallest absolute Gasteiger partial charge is 0.317 e. The van der Waals surface area contributed by atoms with Gasteiger partial charge in [0, 0.05) is 26.2 Å². The predicted molar refractivity (Wildman–Crippen MR) is 73.6 cm³/mol. The van der Waals surface area contributed by atoms with Crippen LogP contribution in [-0.4, -0.2) is 54.6 Å². The van der Waals surface area contributed by atoms with Crippen LogP contribution in [0.1, 0.15) is 33.1 Å². The summed E-state index contributed by atoms with van der Waals surface area (Å²) in [6.07, 6.45) is 3.20. The minimum Gasteiger partial charge on any atom is -0.336 e. The molecule has 5 nitrogen and oxygen atoms in total. The van der Waals surface area contributed by atoms with Gasteiger partial charge in [-0.2, -0.15) is 5.26 Å². The molecule has 106 valence electrons. The predicted octanol–water partition coefficient (Wildman–Crippen LogP) is 1.42. The second-order valence-corrected chi connectivity index (χ2v) is 6.29. The van der Waals surface area contributed by atoms with E-state index >= 15 is 0 Å². The minimum absolute atomic E-state index is 0.0976. The molecule has 0 aromatic heterocycles. The molecule has 0 saturated carbocycles. The Balaban J connectivity index is 1.66. The van der Waals surface area contributed by atoms with E-state index < -0.39 is 0 Å². The standard InChI is InChI=1S/C14H24N4O/c1-14(2,11-15)5-3-4-6-17-7-8-18-12(10-17)9-16-13(18)19/h12H,3-10H2,1-2H3,(H,16,19). The zero-order chi connectivity index (χ0) is 13.9. The molecule has 2 amide bonds. The van der Waals surface area contributed by atoms with Gasteiger partial charge in [-0.05, 0) is 33.2 Å². The Morgan fingerprint density at radius 2 is 2.21 bits per heavy atom. The first-order chi connectivity index (χ1) is 9.02. The Labute approximate surface area is 115 Å². The van der Waals surface area contributed by atoms with Crippen LogP contribution in [0.3, 0.4) is 0 Å². The first-order valence-electron chi connectivity index (χ1n) is 7.20. The number of fused-ring (bicyclic) bond motifs is 1. The fraction of sp³-hybridized carbons (Fsp3) is 0.857. The third-order valence-electron chi connectivity index (χ3n) is 4.15. The van der Waals surface area contributed by atoms with E-state index in [1.807, 2.05) is 18.7 Å². The Hall–Kier alpha value is -1.28. The maximum atomic E-state index is 11.5. The maximum absolute atomic E-state index is 11.5. The number of carbonyl (C=O) groups is 1. The lowest BCUT2D eigenvalue weighted by molar-refractivity contribution is 0.119. The van der Waals surface area contributed by atoms with Crippen molar-refractivity contribution in [3.63, 3.8) is 0 Å². The van der Waals surface area contributed by atoms with E-state index in [0.717, 1.165) is 52.0 Å². The van der Waals surface area contributed by atoms with Crippen LogP contribution in [0.4, 0.5) is 4.79 Å². The second kappa shape index (κ2) is 5.79. The van der Waals surface area contributed by atoms with Gasteiger partial charge in [0.05, 0.1) is 17.5 Å². The van der Waals surface area contributed by atoms with Crippen LogP contribution in [-0.2, 0) is 0 Å². The highest BCUT2D eigenvalue weighted by atomic mass is 16.2. The molecule has 0 bridgehead atoms. The zero-order valence-electron chi connectivity index (χ0n) is 12.0. The highest BCUT2D eigenvalue weighted by Gasteiger charge is 2.34. The maximum Gasteiger partial charge on any atom is 0.317 e. The van der Waals surface area contributed by atoms with E-state index in [0.29, 0.717) is 6.04 Å². The van der Waals surface area contributed by atoms with Gasteiger partial charge >= 0.3 is 6.03 Å². The second-order valence-electron chi connectivity index (χ2n) is 6.29. The van der Waals surface area contributed by atoms with Crippen molar-refractivity contribution in [3.05, 3.63) is 0 Å². The van der Waals surface area contributed by atoms with Crippen LogP contribution in [0.2, 0.25) is 0 Å². The number of rotatable bonds is 5. The summed E-state index contributed by atoms with van der Waals surface area (Å²) >= 11 is 0. The normalized spacial score (nSPS) is 23.9. The van der Waals surface area contributed by atoms with Gasteiger partial charge in [-0.1, -0.05) is 6.42 Å². The average molecular weight is 264 g/mol. The summed E-state index contributed by atoms with van der Waals surface area (Å²) in [7, 11) is 0. The number of piperazine rings is 1. The van der Waals surface area contributed by atoms with E-state index in [1.54, 1.807) is 0 Å². The van der Waals surface area contributed by atoms with Gasteiger partial charge in [0.2, 0.25) is 0 Å². The van der Waals surface area contributed by atoms with Gasteiger partial charge in [0.15, 0.2) is 0 Å². The van der Waals surface area contributed by atoms with Crippen LogP contribution < -0.4 is 5.32 Å².